The topological polar surface area (TPSA) is 78.9 Å². The third-order valence-corrected chi connectivity index (χ3v) is 5.03. The zero-order chi connectivity index (χ0) is 22.4. The first-order chi connectivity index (χ1) is 14.8. The van der Waals surface area contributed by atoms with Gasteiger partial charge < -0.3 is 4.98 Å². The molecule has 164 valence electrons. The molecule has 0 spiro atoms. The highest BCUT2D eigenvalue weighted by molar-refractivity contribution is 7.71. The monoisotopic (exact) mass is 450 g/mol. The molecule has 1 aromatic heterocycles. The Kier molecular flexibility index (Phi) is 7.11. The van der Waals surface area contributed by atoms with E-state index >= 15 is 0 Å². The zero-order valence-corrected chi connectivity index (χ0v) is 17.3. The van der Waals surface area contributed by atoms with Crippen LogP contribution in [0.2, 0.25) is 0 Å². The molecule has 3 aromatic rings. The molecule has 0 atom stereocenters. The number of hydrogen-bond donors (Lipinski definition) is 3. The number of para-hydroxylation sites is 1. The van der Waals surface area contributed by atoms with Gasteiger partial charge in [0.1, 0.15) is 0 Å². The van der Waals surface area contributed by atoms with E-state index in [9.17, 15) is 22.8 Å². The normalized spacial score (nSPS) is 11.5. The number of hydrogen-bond acceptors (Lipinski definition) is 4. The number of fused-ring (bicyclic) bond motifs is 1. The number of nitrogens with zero attached hydrogens (tertiary/aromatic N) is 1. The van der Waals surface area contributed by atoms with Crippen LogP contribution in [0.1, 0.15) is 31.2 Å². The van der Waals surface area contributed by atoms with Gasteiger partial charge in [-0.2, -0.15) is 13.2 Å². The average molecular weight is 450 g/mol. The summed E-state index contributed by atoms with van der Waals surface area (Å²) in [7, 11) is 0. The minimum atomic E-state index is -4.45. The van der Waals surface area contributed by atoms with Crippen LogP contribution in [0, 0.1) is 4.77 Å². The van der Waals surface area contributed by atoms with Gasteiger partial charge in [-0.05, 0) is 55.4 Å². The number of nitrogens with one attached hydrogen (secondary N) is 3. The van der Waals surface area contributed by atoms with Crippen LogP contribution in [0.25, 0.3) is 10.9 Å². The van der Waals surface area contributed by atoms with E-state index in [0.29, 0.717) is 41.5 Å². The van der Waals surface area contributed by atoms with E-state index in [1.807, 2.05) is 6.07 Å². The number of rotatable bonds is 8. The lowest BCUT2D eigenvalue weighted by Gasteiger charge is -2.11. The number of halogens is 3. The van der Waals surface area contributed by atoms with Crippen molar-refractivity contribution in [2.24, 2.45) is 0 Å². The van der Waals surface area contributed by atoms with Crippen molar-refractivity contribution in [1.82, 2.24) is 15.0 Å². The number of carbonyl (C=O) groups excluding carboxylic acids is 1. The first-order valence-corrected chi connectivity index (χ1v) is 10.1. The second kappa shape index (κ2) is 9.78. The number of aromatic amines is 1. The van der Waals surface area contributed by atoms with E-state index in [2.05, 4.69) is 15.8 Å². The molecule has 0 unspecified atom stereocenters. The van der Waals surface area contributed by atoms with Crippen LogP contribution >= 0.6 is 12.2 Å². The molecule has 0 aliphatic heterocycles. The lowest BCUT2D eigenvalue weighted by Crippen LogP contribution is -2.29. The summed E-state index contributed by atoms with van der Waals surface area (Å²) in [6.45, 7) is 0.434. The molecule has 0 fully saturated rings. The number of amides is 1. The van der Waals surface area contributed by atoms with Crippen molar-refractivity contribution < 1.29 is 18.0 Å². The van der Waals surface area contributed by atoms with Gasteiger partial charge in [-0.3, -0.25) is 25.0 Å². The molecule has 0 bridgehead atoms. The van der Waals surface area contributed by atoms with Crippen LogP contribution < -0.4 is 16.4 Å². The third-order valence-electron chi connectivity index (χ3n) is 4.71. The van der Waals surface area contributed by atoms with E-state index in [0.717, 1.165) is 12.1 Å². The zero-order valence-electron chi connectivity index (χ0n) is 16.5. The predicted octanol–water partition coefficient (Wildman–Crippen LogP) is 4.78. The maximum Gasteiger partial charge on any atom is 0.416 e. The number of carbonyl (C=O) groups is 1. The van der Waals surface area contributed by atoms with E-state index in [4.69, 9.17) is 12.2 Å². The number of aromatic nitrogens is 2. The Hall–Kier alpha value is -3.14. The minimum Gasteiger partial charge on any atom is -0.332 e. The number of anilines is 1. The Morgan fingerprint density at radius 3 is 2.61 bits per heavy atom. The summed E-state index contributed by atoms with van der Waals surface area (Å²) in [6, 6.07) is 11.7. The minimum absolute atomic E-state index is 0.146. The molecule has 3 rings (SSSR count). The van der Waals surface area contributed by atoms with Gasteiger partial charge in [0.05, 0.1) is 22.2 Å². The SMILES string of the molecule is O=C(CCCCCn1c(=S)[nH]c2ccccc2c1=O)NNc1cccc(C(F)(F)F)c1. The van der Waals surface area contributed by atoms with Crippen molar-refractivity contribution in [2.75, 3.05) is 5.43 Å². The molecular weight excluding hydrogens is 429 g/mol. The largest absolute Gasteiger partial charge is 0.416 e. The van der Waals surface area contributed by atoms with Gasteiger partial charge in [0.25, 0.3) is 5.56 Å². The molecule has 1 amide bonds. The molecule has 6 nitrogen and oxygen atoms in total. The number of hydrazine groups is 1. The van der Waals surface area contributed by atoms with Crippen molar-refractivity contribution in [1.29, 1.82) is 0 Å². The van der Waals surface area contributed by atoms with Crippen molar-refractivity contribution in [3.63, 3.8) is 0 Å². The number of alkyl halides is 3. The molecule has 10 heteroatoms. The van der Waals surface area contributed by atoms with Crippen LogP contribution in [-0.4, -0.2) is 15.5 Å². The van der Waals surface area contributed by atoms with Gasteiger partial charge >= 0.3 is 6.18 Å². The smallest absolute Gasteiger partial charge is 0.332 e. The predicted molar refractivity (Wildman–Crippen MR) is 115 cm³/mol. The first-order valence-electron chi connectivity index (χ1n) is 9.70. The van der Waals surface area contributed by atoms with Gasteiger partial charge in [0.2, 0.25) is 5.91 Å². The van der Waals surface area contributed by atoms with Crippen molar-refractivity contribution in [3.05, 3.63) is 69.2 Å². The molecular formula is C21H21F3N4O2S. The van der Waals surface area contributed by atoms with Gasteiger partial charge in [0.15, 0.2) is 4.77 Å². The van der Waals surface area contributed by atoms with E-state index < -0.39 is 11.7 Å². The Morgan fingerprint density at radius 2 is 1.84 bits per heavy atom. The maximum absolute atomic E-state index is 12.7. The van der Waals surface area contributed by atoms with Crippen LogP contribution in [0.15, 0.2) is 53.3 Å². The Balaban J connectivity index is 1.43. The lowest BCUT2D eigenvalue weighted by atomic mass is 10.2. The molecule has 0 aliphatic carbocycles. The number of benzene rings is 2. The fourth-order valence-corrected chi connectivity index (χ4v) is 3.40. The summed E-state index contributed by atoms with van der Waals surface area (Å²) in [4.78, 5) is 27.5. The van der Waals surface area contributed by atoms with Gasteiger partial charge in [-0.1, -0.05) is 24.6 Å². The van der Waals surface area contributed by atoms with E-state index in [1.54, 1.807) is 18.2 Å². The molecule has 0 radical (unpaired) electrons. The molecule has 3 N–H and O–H groups in total. The summed E-state index contributed by atoms with van der Waals surface area (Å²) in [5, 5.41) is 0.566. The van der Waals surface area contributed by atoms with Crippen molar-refractivity contribution in [2.45, 2.75) is 38.4 Å². The highest BCUT2D eigenvalue weighted by Crippen LogP contribution is 2.30. The lowest BCUT2D eigenvalue weighted by molar-refractivity contribution is -0.137. The second-order valence-electron chi connectivity index (χ2n) is 6.99. The van der Waals surface area contributed by atoms with Crippen molar-refractivity contribution >= 4 is 34.7 Å². The van der Waals surface area contributed by atoms with Crippen LogP contribution in [-0.2, 0) is 17.5 Å². The molecule has 1 heterocycles. The quantitative estimate of drug-likeness (QED) is 0.262. The van der Waals surface area contributed by atoms with Gasteiger partial charge in [-0.25, -0.2) is 0 Å². The molecule has 31 heavy (non-hydrogen) atoms. The van der Waals surface area contributed by atoms with Crippen LogP contribution in [0.3, 0.4) is 0 Å². The maximum atomic E-state index is 12.7. The van der Waals surface area contributed by atoms with Gasteiger partial charge in [0, 0.05) is 13.0 Å². The molecule has 0 saturated heterocycles. The van der Waals surface area contributed by atoms with E-state index in [-0.39, 0.29) is 23.6 Å². The van der Waals surface area contributed by atoms with Gasteiger partial charge in [-0.15, -0.1) is 0 Å². The summed E-state index contributed by atoms with van der Waals surface area (Å²) >= 11 is 5.26. The molecule has 0 aliphatic rings. The number of H-pyrrole nitrogens is 1. The summed E-state index contributed by atoms with van der Waals surface area (Å²) < 4.78 is 40.0. The standard InChI is InChI=1S/C21H21F3N4O2S/c22-21(23,24)14-7-6-8-15(13-14)26-27-18(29)11-2-1-5-12-28-19(30)16-9-3-4-10-17(16)25-20(28)31/h3-4,6-10,13,26H,1-2,5,11-12H2,(H,25,31)(H,27,29). The molecule has 2 aromatic carbocycles. The summed E-state index contributed by atoms with van der Waals surface area (Å²) in [5.41, 5.74) is 4.78. The Bertz CT molecular complexity index is 1190. The highest BCUT2D eigenvalue weighted by Gasteiger charge is 2.30. The fourth-order valence-electron chi connectivity index (χ4n) is 3.11. The highest BCUT2D eigenvalue weighted by atomic mass is 32.1. The number of unbranched alkanes of at least 4 members (excludes halogenated alkanes) is 2. The van der Waals surface area contributed by atoms with E-state index in [1.165, 1.54) is 16.7 Å². The first kappa shape index (κ1) is 22.5. The van der Waals surface area contributed by atoms with Crippen molar-refractivity contribution in [3.8, 4) is 0 Å². The van der Waals surface area contributed by atoms with Crippen LogP contribution in [0.5, 0.6) is 0 Å². The van der Waals surface area contributed by atoms with Crippen LogP contribution in [0.4, 0.5) is 18.9 Å². The average Bonchev–Trinajstić information content (AvgIpc) is 2.73. The summed E-state index contributed by atoms with van der Waals surface area (Å²) in [6.07, 6.45) is -2.34. The third kappa shape index (κ3) is 5.94. The summed E-state index contributed by atoms with van der Waals surface area (Å²) in [5.74, 6) is -0.336. The second-order valence-corrected chi connectivity index (χ2v) is 7.38. The Labute approximate surface area is 181 Å². The Morgan fingerprint density at radius 1 is 1.06 bits per heavy atom. The fraction of sp³-hybridized carbons (Fsp3) is 0.286. The molecule has 0 saturated carbocycles.